The molecular weight excluding hydrogens is 270 g/mol. The van der Waals surface area contributed by atoms with Gasteiger partial charge >= 0.3 is 0 Å². The Hall–Kier alpha value is -1.92. The fourth-order valence-electron chi connectivity index (χ4n) is 2.07. The van der Waals surface area contributed by atoms with Crippen molar-refractivity contribution in [3.05, 3.63) is 35.9 Å². The summed E-state index contributed by atoms with van der Waals surface area (Å²) in [5, 5.41) is 8.53. The summed E-state index contributed by atoms with van der Waals surface area (Å²) in [5.74, 6) is -0.367. The minimum Gasteiger partial charge on any atom is -0.375 e. The lowest BCUT2D eigenvalue weighted by Crippen LogP contribution is -2.43. The van der Waals surface area contributed by atoms with Gasteiger partial charge in [0.05, 0.1) is 25.7 Å². The lowest BCUT2D eigenvalue weighted by atomic mass is 10.2. The van der Waals surface area contributed by atoms with Crippen LogP contribution in [0.25, 0.3) is 0 Å². The average molecular weight is 291 g/mol. The minimum atomic E-state index is -0.199. The number of hydrogen-bond acceptors (Lipinski definition) is 4. The molecule has 1 aromatic carbocycles. The van der Waals surface area contributed by atoms with Crippen molar-refractivity contribution in [1.82, 2.24) is 16.0 Å². The molecule has 1 saturated heterocycles. The molecule has 6 heteroatoms. The van der Waals surface area contributed by atoms with Crippen LogP contribution in [-0.4, -0.2) is 44.2 Å². The highest BCUT2D eigenvalue weighted by Crippen LogP contribution is 2.01. The number of hydrogen-bond donors (Lipinski definition) is 3. The quantitative estimate of drug-likeness (QED) is 0.678. The van der Waals surface area contributed by atoms with Crippen molar-refractivity contribution in [2.24, 2.45) is 0 Å². The molecule has 1 aliphatic rings. The van der Waals surface area contributed by atoms with Crippen molar-refractivity contribution in [2.75, 3.05) is 26.2 Å². The van der Waals surface area contributed by atoms with Crippen LogP contribution in [0.2, 0.25) is 0 Å². The molecule has 0 spiro atoms. The maximum Gasteiger partial charge on any atom is 0.239 e. The van der Waals surface area contributed by atoms with E-state index < -0.39 is 0 Å². The smallest absolute Gasteiger partial charge is 0.239 e. The second-order valence-electron chi connectivity index (χ2n) is 4.94. The third-order valence-corrected chi connectivity index (χ3v) is 3.20. The molecule has 21 heavy (non-hydrogen) atoms. The summed E-state index contributed by atoms with van der Waals surface area (Å²) in [6.45, 7) is 2.57. The molecule has 6 nitrogen and oxygen atoms in total. The van der Waals surface area contributed by atoms with Gasteiger partial charge in [0.25, 0.3) is 0 Å². The predicted octanol–water partition coefficient (Wildman–Crippen LogP) is -0.202. The lowest BCUT2D eigenvalue weighted by molar-refractivity contribution is -0.128. The van der Waals surface area contributed by atoms with Crippen molar-refractivity contribution < 1.29 is 14.3 Å². The third kappa shape index (κ3) is 5.93. The van der Waals surface area contributed by atoms with Gasteiger partial charge in [-0.1, -0.05) is 30.3 Å². The molecule has 1 unspecified atom stereocenters. The second kappa shape index (κ2) is 8.39. The summed E-state index contributed by atoms with van der Waals surface area (Å²) in [5.41, 5.74) is 1.03. The summed E-state index contributed by atoms with van der Waals surface area (Å²) >= 11 is 0. The van der Waals surface area contributed by atoms with Crippen LogP contribution in [0.3, 0.4) is 0 Å². The van der Waals surface area contributed by atoms with Crippen molar-refractivity contribution in [3.63, 3.8) is 0 Å². The van der Waals surface area contributed by atoms with Gasteiger partial charge in [-0.15, -0.1) is 0 Å². The van der Waals surface area contributed by atoms with Crippen LogP contribution in [0.4, 0.5) is 0 Å². The van der Waals surface area contributed by atoms with Gasteiger partial charge in [0.1, 0.15) is 0 Å². The van der Waals surface area contributed by atoms with E-state index in [2.05, 4.69) is 16.0 Å². The average Bonchev–Trinajstić information content (AvgIpc) is 2.53. The van der Waals surface area contributed by atoms with Gasteiger partial charge in [-0.25, -0.2) is 0 Å². The Bertz CT molecular complexity index is 458. The highest BCUT2D eigenvalue weighted by atomic mass is 16.5. The molecule has 1 fully saturated rings. The van der Waals surface area contributed by atoms with Gasteiger partial charge < -0.3 is 20.7 Å². The molecular formula is C15H21N3O3. The largest absolute Gasteiger partial charge is 0.375 e. The first-order valence-corrected chi connectivity index (χ1v) is 7.13. The summed E-state index contributed by atoms with van der Waals surface area (Å²) in [4.78, 5) is 23.3. The van der Waals surface area contributed by atoms with E-state index in [0.29, 0.717) is 19.7 Å². The SMILES string of the molecule is O=C(CNC(=O)CC1CNCCO1)NCc1ccccc1. The van der Waals surface area contributed by atoms with Crippen LogP contribution < -0.4 is 16.0 Å². The van der Waals surface area contributed by atoms with Crippen LogP contribution in [0.15, 0.2) is 30.3 Å². The van der Waals surface area contributed by atoms with E-state index in [9.17, 15) is 9.59 Å². The molecule has 0 aliphatic carbocycles. The maximum atomic E-state index is 11.7. The summed E-state index contributed by atoms with van der Waals surface area (Å²) in [7, 11) is 0. The van der Waals surface area contributed by atoms with E-state index in [1.54, 1.807) is 0 Å². The van der Waals surface area contributed by atoms with Crippen LogP contribution in [0.5, 0.6) is 0 Å². The molecule has 114 valence electrons. The predicted molar refractivity (Wildman–Crippen MR) is 78.5 cm³/mol. The van der Waals surface area contributed by atoms with Crippen molar-refractivity contribution in [2.45, 2.75) is 19.1 Å². The summed E-state index contributed by atoms with van der Waals surface area (Å²) in [6.07, 6.45) is 0.171. The number of carbonyl (C=O) groups excluding carboxylic acids is 2. The molecule has 0 bridgehead atoms. The van der Waals surface area contributed by atoms with Gasteiger partial charge in [0.15, 0.2) is 0 Å². The number of nitrogens with one attached hydrogen (secondary N) is 3. The molecule has 0 radical (unpaired) electrons. The zero-order valence-electron chi connectivity index (χ0n) is 11.9. The minimum absolute atomic E-state index is 0.00812. The van der Waals surface area contributed by atoms with Crippen LogP contribution >= 0.6 is 0 Å². The molecule has 0 aromatic heterocycles. The molecule has 1 heterocycles. The Labute approximate surface area is 124 Å². The Morgan fingerprint density at radius 2 is 2.00 bits per heavy atom. The molecule has 2 amide bonds. The second-order valence-corrected chi connectivity index (χ2v) is 4.94. The summed E-state index contributed by atoms with van der Waals surface area (Å²) < 4.78 is 5.44. The van der Waals surface area contributed by atoms with Gasteiger partial charge in [-0.2, -0.15) is 0 Å². The maximum absolute atomic E-state index is 11.7. The van der Waals surface area contributed by atoms with E-state index in [1.807, 2.05) is 30.3 Å². The van der Waals surface area contributed by atoms with Gasteiger partial charge in [0, 0.05) is 19.6 Å². The van der Waals surface area contributed by atoms with Gasteiger partial charge in [-0.3, -0.25) is 9.59 Å². The number of rotatable bonds is 6. The lowest BCUT2D eigenvalue weighted by Gasteiger charge is -2.22. The highest BCUT2D eigenvalue weighted by molar-refractivity contribution is 5.84. The van der Waals surface area contributed by atoms with Gasteiger partial charge in [0.2, 0.25) is 11.8 Å². The monoisotopic (exact) mass is 291 g/mol. The molecule has 3 N–H and O–H groups in total. The zero-order valence-corrected chi connectivity index (χ0v) is 11.9. The Morgan fingerprint density at radius 1 is 1.19 bits per heavy atom. The van der Waals surface area contributed by atoms with E-state index in [-0.39, 0.29) is 30.9 Å². The molecule has 0 saturated carbocycles. The first kappa shape index (κ1) is 15.5. The topological polar surface area (TPSA) is 79.5 Å². The Morgan fingerprint density at radius 3 is 2.71 bits per heavy atom. The Balaban J connectivity index is 1.60. The number of benzene rings is 1. The number of amides is 2. The summed E-state index contributed by atoms with van der Waals surface area (Å²) in [6, 6.07) is 9.63. The fourth-order valence-corrected chi connectivity index (χ4v) is 2.07. The normalized spacial score (nSPS) is 18.0. The van der Waals surface area contributed by atoms with Crippen molar-refractivity contribution >= 4 is 11.8 Å². The van der Waals surface area contributed by atoms with Crippen molar-refractivity contribution in [1.29, 1.82) is 0 Å². The zero-order chi connectivity index (χ0) is 14.9. The first-order chi connectivity index (χ1) is 10.2. The Kier molecular flexibility index (Phi) is 6.18. The van der Waals surface area contributed by atoms with E-state index >= 15 is 0 Å². The van der Waals surface area contributed by atoms with Crippen molar-refractivity contribution in [3.8, 4) is 0 Å². The van der Waals surface area contributed by atoms with Crippen LogP contribution in [0.1, 0.15) is 12.0 Å². The number of ether oxygens (including phenoxy) is 1. The third-order valence-electron chi connectivity index (χ3n) is 3.20. The molecule has 1 atom stereocenters. The first-order valence-electron chi connectivity index (χ1n) is 7.13. The van der Waals surface area contributed by atoms with E-state index in [4.69, 9.17) is 4.74 Å². The van der Waals surface area contributed by atoms with E-state index in [1.165, 1.54) is 0 Å². The van der Waals surface area contributed by atoms with Crippen LogP contribution in [0, 0.1) is 0 Å². The molecule has 1 aliphatic heterocycles. The number of carbonyl (C=O) groups is 2. The van der Waals surface area contributed by atoms with Crippen LogP contribution in [-0.2, 0) is 20.9 Å². The molecule has 2 rings (SSSR count). The van der Waals surface area contributed by atoms with Gasteiger partial charge in [-0.05, 0) is 5.56 Å². The number of morpholine rings is 1. The molecule has 1 aromatic rings. The van der Waals surface area contributed by atoms with E-state index in [0.717, 1.165) is 12.1 Å². The standard InChI is InChI=1S/C15H21N3O3/c19-14(8-13-10-16-6-7-21-13)18-11-15(20)17-9-12-4-2-1-3-5-12/h1-5,13,16H,6-11H2,(H,17,20)(H,18,19). The highest BCUT2D eigenvalue weighted by Gasteiger charge is 2.17. The fraction of sp³-hybridized carbons (Fsp3) is 0.467.